The molecule has 0 bridgehead atoms. The van der Waals surface area contributed by atoms with E-state index in [4.69, 9.17) is 0 Å². The Morgan fingerprint density at radius 1 is 1.35 bits per heavy atom. The molecule has 0 spiro atoms. The lowest BCUT2D eigenvalue weighted by atomic mass is 10.00. The van der Waals surface area contributed by atoms with Crippen molar-refractivity contribution < 1.29 is 4.79 Å². The molecule has 0 saturated carbocycles. The van der Waals surface area contributed by atoms with Gasteiger partial charge in [0.2, 0.25) is 0 Å². The van der Waals surface area contributed by atoms with Crippen LogP contribution in [0.5, 0.6) is 0 Å². The van der Waals surface area contributed by atoms with Crippen LogP contribution in [0.15, 0.2) is 18.2 Å². The number of hydrogen-bond donors (Lipinski definition) is 2. The number of rotatable bonds is 3. The summed E-state index contributed by atoms with van der Waals surface area (Å²) >= 11 is 2.03. The van der Waals surface area contributed by atoms with Gasteiger partial charge in [-0.1, -0.05) is 0 Å². The van der Waals surface area contributed by atoms with Gasteiger partial charge in [0.1, 0.15) is 0 Å². The number of fused-ring (bicyclic) bond motifs is 1. The Balaban J connectivity index is 1.59. The zero-order valence-electron chi connectivity index (χ0n) is 11.8. The van der Waals surface area contributed by atoms with E-state index in [1.807, 2.05) is 30.0 Å². The molecule has 0 aliphatic carbocycles. The van der Waals surface area contributed by atoms with E-state index in [0.29, 0.717) is 5.92 Å². The highest BCUT2D eigenvalue weighted by atomic mass is 32.2. The molecule has 2 N–H and O–H groups in total. The third kappa shape index (κ3) is 3.29. The minimum absolute atomic E-state index is 0.0802. The number of carbonyl (C=O) groups excluding carboxylic acids is 1. The SMILES string of the molecule is O=C(NCC1CCSCC1)c1ccc2c(c1)CCCN2. The fourth-order valence-electron chi connectivity index (χ4n) is 2.91. The summed E-state index contributed by atoms with van der Waals surface area (Å²) in [5.41, 5.74) is 3.27. The van der Waals surface area contributed by atoms with Gasteiger partial charge >= 0.3 is 0 Å². The molecule has 20 heavy (non-hydrogen) atoms. The molecule has 3 rings (SSSR count). The molecule has 0 unspecified atom stereocenters. The highest BCUT2D eigenvalue weighted by Crippen LogP contribution is 2.24. The van der Waals surface area contributed by atoms with Crippen LogP contribution in [0.3, 0.4) is 0 Å². The molecule has 1 saturated heterocycles. The highest BCUT2D eigenvalue weighted by molar-refractivity contribution is 7.99. The summed E-state index contributed by atoms with van der Waals surface area (Å²) < 4.78 is 0. The summed E-state index contributed by atoms with van der Waals surface area (Å²) in [7, 11) is 0. The monoisotopic (exact) mass is 290 g/mol. The van der Waals surface area contributed by atoms with Crippen molar-refractivity contribution in [2.24, 2.45) is 5.92 Å². The average molecular weight is 290 g/mol. The van der Waals surface area contributed by atoms with Gasteiger partial charge in [-0.05, 0) is 66.9 Å². The van der Waals surface area contributed by atoms with E-state index in [9.17, 15) is 4.79 Å². The van der Waals surface area contributed by atoms with Gasteiger partial charge in [0.05, 0.1) is 0 Å². The smallest absolute Gasteiger partial charge is 0.251 e. The van der Waals surface area contributed by atoms with Crippen molar-refractivity contribution in [3.8, 4) is 0 Å². The summed E-state index contributed by atoms with van der Waals surface area (Å²) in [6.07, 6.45) is 4.69. The molecule has 1 aromatic rings. The predicted octanol–water partition coefficient (Wildman–Crippen LogP) is 2.92. The number of aryl methyl sites for hydroxylation is 1. The maximum atomic E-state index is 12.2. The van der Waals surface area contributed by atoms with Crippen molar-refractivity contribution in [2.45, 2.75) is 25.7 Å². The number of anilines is 1. The second-order valence-electron chi connectivity index (χ2n) is 5.67. The summed E-state index contributed by atoms with van der Waals surface area (Å²) in [4.78, 5) is 12.2. The molecular weight excluding hydrogens is 268 g/mol. The van der Waals surface area contributed by atoms with Crippen LogP contribution in [0, 0.1) is 5.92 Å². The van der Waals surface area contributed by atoms with Crippen molar-refractivity contribution in [1.82, 2.24) is 5.32 Å². The number of thioether (sulfide) groups is 1. The van der Waals surface area contributed by atoms with Crippen molar-refractivity contribution >= 4 is 23.4 Å². The molecule has 0 atom stereocenters. The Hall–Kier alpha value is -1.16. The molecule has 1 amide bonds. The minimum Gasteiger partial charge on any atom is -0.385 e. The van der Waals surface area contributed by atoms with E-state index in [1.165, 1.54) is 35.6 Å². The molecule has 4 heteroatoms. The largest absolute Gasteiger partial charge is 0.385 e. The molecule has 1 fully saturated rings. The first-order chi connectivity index (χ1) is 9.83. The first kappa shape index (κ1) is 13.8. The van der Waals surface area contributed by atoms with E-state index >= 15 is 0 Å². The maximum absolute atomic E-state index is 12.2. The summed E-state index contributed by atoms with van der Waals surface area (Å²) in [5.74, 6) is 3.23. The van der Waals surface area contributed by atoms with Gasteiger partial charge in [0.15, 0.2) is 0 Å². The molecule has 2 heterocycles. The van der Waals surface area contributed by atoms with Gasteiger partial charge in [-0.2, -0.15) is 11.8 Å². The summed E-state index contributed by atoms with van der Waals surface area (Å²) in [6, 6.07) is 6.03. The van der Waals surface area contributed by atoms with E-state index in [1.54, 1.807) is 0 Å². The van der Waals surface area contributed by atoms with Crippen LogP contribution in [-0.2, 0) is 6.42 Å². The Morgan fingerprint density at radius 2 is 2.20 bits per heavy atom. The molecular formula is C16H22N2OS. The van der Waals surface area contributed by atoms with Crippen molar-refractivity contribution in [3.05, 3.63) is 29.3 Å². The number of nitrogens with one attached hydrogen (secondary N) is 2. The van der Waals surface area contributed by atoms with Crippen molar-refractivity contribution in [2.75, 3.05) is 29.9 Å². The average Bonchev–Trinajstić information content (AvgIpc) is 2.53. The fourth-order valence-corrected chi connectivity index (χ4v) is 4.11. The van der Waals surface area contributed by atoms with Crippen LogP contribution in [0.4, 0.5) is 5.69 Å². The zero-order valence-corrected chi connectivity index (χ0v) is 12.6. The van der Waals surface area contributed by atoms with E-state index in [0.717, 1.165) is 31.5 Å². The minimum atomic E-state index is 0.0802. The van der Waals surface area contributed by atoms with E-state index < -0.39 is 0 Å². The molecule has 1 aromatic carbocycles. The molecule has 108 valence electrons. The van der Waals surface area contributed by atoms with Crippen LogP contribution >= 0.6 is 11.8 Å². The zero-order chi connectivity index (χ0) is 13.8. The van der Waals surface area contributed by atoms with Gasteiger partial charge in [-0.15, -0.1) is 0 Å². The Morgan fingerprint density at radius 3 is 3.05 bits per heavy atom. The standard InChI is InChI=1S/C16H22N2OS/c19-16(18-11-12-5-8-20-9-6-12)14-3-4-15-13(10-14)2-1-7-17-15/h3-4,10,12,17H,1-2,5-9,11H2,(H,18,19). The quantitative estimate of drug-likeness (QED) is 0.899. The molecule has 0 aromatic heterocycles. The topological polar surface area (TPSA) is 41.1 Å². The lowest BCUT2D eigenvalue weighted by Crippen LogP contribution is -2.31. The number of carbonyl (C=O) groups is 1. The third-order valence-electron chi connectivity index (χ3n) is 4.20. The molecule has 2 aliphatic rings. The van der Waals surface area contributed by atoms with E-state index in [2.05, 4.69) is 10.6 Å². The predicted molar refractivity (Wildman–Crippen MR) is 85.6 cm³/mol. The first-order valence-electron chi connectivity index (χ1n) is 7.55. The number of amides is 1. The van der Waals surface area contributed by atoms with Crippen molar-refractivity contribution in [1.29, 1.82) is 0 Å². The molecule has 3 nitrogen and oxygen atoms in total. The van der Waals surface area contributed by atoms with E-state index in [-0.39, 0.29) is 5.91 Å². The number of benzene rings is 1. The van der Waals surface area contributed by atoms with Crippen molar-refractivity contribution in [3.63, 3.8) is 0 Å². The van der Waals surface area contributed by atoms with Crippen LogP contribution in [0.1, 0.15) is 35.2 Å². The van der Waals surface area contributed by atoms with Gasteiger partial charge in [0.25, 0.3) is 5.91 Å². The Bertz CT molecular complexity index is 483. The maximum Gasteiger partial charge on any atom is 0.251 e. The Kier molecular flexibility index (Phi) is 4.51. The van der Waals surface area contributed by atoms with Gasteiger partial charge < -0.3 is 10.6 Å². The Labute approximate surface area is 124 Å². The van der Waals surface area contributed by atoms with Crippen LogP contribution in [-0.4, -0.2) is 30.5 Å². The highest BCUT2D eigenvalue weighted by Gasteiger charge is 2.16. The third-order valence-corrected chi connectivity index (χ3v) is 5.25. The van der Waals surface area contributed by atoms with Gasteiger partial charge in [0, 0.05) is 24.3 Å². The van der Waals surface area contributed by atoms with Crippen LogP contribution in [0.25, 0.3) is 0 Å². The second kappa shape index (κ2) is 6.53. The lowest BCUT2D eigenvalue weighted by Gasteiger charge is -2.22. The molecule has 2 aliphatic heterocycles. The second-order valence-corrected chi connectivity index (χ2v) is 6.89. The summed E-state index contributed by atoms with van der Waals surface area (Å²) in [5, 5.41) is 6.49. The normalized spacial score (nSPS) is 19.0. The summed E-state index contributed by atoms with van der Waals surface area (Å²) in [6.45, 7) is 1.87. The van der Waals surface area contributed by atoms with Crippen LogP contribution < -0.4 is 10.6 Å². The number of hydrogen-bond acceptors (Lipinski definition) is 3. The lowest BCUT2D eigenvalue weighted by molar-refractivity contribution is 0.0946. The first-order valence-corrected chi connectivity index (χ1v) is 8.71. The molecule has 0 radical (unpaired) electrons. The van der Waals surface area contributed by atoms with Crippen LogP contribution in [0.2, 0.25) is 0 Å². The fraction of sp³-hybridized carbons (Fsp3) is 0.562. The van der Waals surface area contributed by atoms with Gasteiger partial charge in [-0.3, -0.25) is 4.79 Å². The van der Waals surface area contributed by atoms with Gasteiger partial charge in [-0.25, -0.2) is 0 Å².